The van der Waals surface area contributed by atoms with Crippen LogP contribution in [-0.2, 0) is 0 Å². The number of anilines is 1. The number of hydrogen-bond acceptors (Lipinski definition) is 5. The van der Waals surface area contributed by atoms with Crippen LogP contribution < -0.4 is 10.2 Å². The second-order valence-electron chi connectivity index (χ2n) is 5.53. The summed E-state index contributed by atoms with van der Waals surface area (Å²) in [5.74, 6) is -1.09. The van der Waals surface area contributed by atoms with Crippen molar-refractivity contribution in [2.45, 2.75) is 18.9 Å². The van der Waals surface area contributed by atoms with E-state index in [4.69, 9.17) is 0 Å². The molecule has 4 rings (SSSR count). The highest BCUT2D eigenvalue weighted by Gasteiger charge is 2.38. The molecule has 114 valence electrons. The molecule has 0 spiro atoms. The number of nitrogens with zero attached hydrogens (tertiary/aromatic N) is 3. The predicted octanol–water partition coefficient (Wildman–Crippen LogP) is 1.17. The van der Waals surface area contributed by atoms with E-state index in [1.165, 1.54) is 12.5 Å². The van der Waals surface area contributed by atoms with E-state index in [-0.39, 0.29) is 23.2 Å². The van der Waals surface area contributed by atoms with Crippen LogP contribution in [0.2, 0.25) is 0 Å². The quantitative estimate of drug-likeness (QED) is 0.859. The van der Waals surface area contributed by atoms with Gasteiger partial charge in [-0.05, 0) is 37.1 Å². The summed E-state index contributed by atoms with van der Waals surface area (Å²) in [4.78, 5) is 45.3. The first-order valence-corrected chi connectivity index (χ1v) is 7.25. The first-order valence-electron chi connectivity index (χ1n) is 7.25. The molecule has 1 aliphatic carbocycles. The minimum Gasteiger partial charge on any atom is -0.349 e. The Balaban J connectivity index is 1.60. The zero-order valence-corrected chi connectivity index (χ0v) is 12.0. The Hall–Kier alpha value is -3.09. The topological polar surface area (TPSA) is 92.3 Å². The Kier molecular flexibility index (Phi) is 2.94. The normalized spacial score (nSPS) is 16.4. The second-order valence-corrected chi connectivity index (χ2v) is 5.53. The van der Waals surface area contributed by atoms with Gasteiger partial charge in [0.2, 0.25) is 0 Å². The van der Waals surface area contributed by atoms with Crippen LogP contribution in [0.3, 0.4) is 0 Å². The molecule has 0 unspecified atom stereocenters. The molecule has 1 aromatic heterocycles. The van der Waals surface area contributed by atoms with Gasteiger partial charge in [0, 0.05) is 17.8 Å². The third kappa shape index (κ3) is 2.26. The van der Waals surface area contributed by atoms with Gasteiger partial charge in [0.05, 0.1) is 11.3 Å². The highest BCUT2D eigenvalue weighted by atomic mass is 16.2. The Bertz CT molecular complexity index is 792. The van der Waals surface area contributed by atoms with E-state index >= 15 is 0 Å². The molecule has 1 aliphatic heterocycles. The first kappa shape index (κ1) is 13.6. The minimum atomic E-state index is -0.484. The average Bonchev–Trinajstić information content (AvgIpc) is 3.35. The number of rotatable bonds is 3. The molecule has 0 saturated heterocycles. The average molecular weight is 308 g/mol. The highest BCUT2D eigenvalue weighted by Crippen LogP contribution is 2.27. The predicted molar refractivity (Wildman–Crippen MR) is 80.1 cm³/mol. The van der Waals surface area contributed by atoms with Crippen LogP contribution >= 0.6 is 0 Å². The van der Waals surface area contributed by atoms with E-state index in [0.717, 1.165) is 17.7 Å². The third-order valence-electron chi connectivity index (χ3n) is 3.85. The van der Waals surface area contributed by atoms with E-state index in [2.05, 4.69) is 15.3 Å². The maximum Gasteiger partial charge on any atom is 0.284 e. The van der Waals surface area contributed by atoms with Gasteiger partial charge in [-0.15, -0.1) is 0 Å². The van der Waals surface area contributed by atoms with E-state index < -0.39 is 11.8 Å². The summed E-state index contributed by atoms with van der Waals surface area (Å²) in [6.45, 7) is 0. The van der Waals surface area contributed by atoms with Crippen molar-refractivity contribution in [1.29, 1.82) is 0 Å². The summed E-state index contributed by atoms with van der Waals surface area (Å²) in [6.07, 6.45) is 4.60. The number of nitrogens with one attached hydrogen (secondary N) is 1. The van der Waals surface area contributed by atoms with Crippen LogP contribution in [0.5, 0.6) is 0 Å². The largest absolute Gasteiger partial charge is 0.349 e. The lowest BCUT2D eigenvalue weighted by molar-refractivity contribution is 0.0921. The summed E-state index contributed by atoms with van der Waals surface area (Å²) in [5.41, 5.74) is 1.19. The Morgan fingerprint density at radius 2 is 1.87 bits per heavy atom. The van der Waals surface area contributed by atoms with Gasteiger partial charge in [-0.3, -0.25) is 14.4 Å². The lowest BCUT2D eigenvalue weighted by Crippen LogP contribution is -2.30. The fraction of sp³-hybridized carbons (Fsp3) is 0.188. The van der Waals surface area contributed by atoms with Crippen molar-refractivity contribution in [2.24, 2.45) is 0 Å². The van der Waals surface area contributed by atoms with Crippen LogP contribution in [0, 0.1) is 0 Å². The SMILES string of the molecule is O=C(NC1CC1)c1ccc(N2C(=O)c3cncnc3C2=O)cc1. The van der Waals surface area contributed by atoms with Gasteiger partial charge in [0.15, 0.2) is 0 Å². The zero-order valence-electron chi connectivity index (χ0n) is 12.0. The molecule has 1 N–H and O–H groups in total. The number of carbonyl (C=O) groups is 3. The number of hydrogen-bond donors (Lipinski definition) is 1. The fourth-order valence-electron chi connectivity index (χ4n) is 2.47. The molecule has 2 aliphatic rings. The number of aromatic nitrogens is 2. The molecule has 7 nitrogen and oxygen atoms in total. The van der Waals surface area contributed by atoms with E-state index in [1.54, 1.807) is 24.3 Å². The standard InChI is InChI=1S/C16H12N4O3/c21-14(19-10-3-4-10)9-1-5-11(6-2-9)20-15(22)12-7-17-8-18-13(12)16(20)23/h1-2,5-8,10H,3-4H2,(H,19,21). The number of benzene rings is 1. The maximum absolute atomic E-state index is 12.3. The smallest absolute Gasteiger partial charge is 0.284 e. The Morgan fingerprint density at radius 1 is 1.13 bits per heavy atom. The van der Waals surface area contributed by atoms with Crippen LogP contribution in [0.25, 0.3) is 0 Å². The van der Waals surface area contributed by atoms with Crippen LogP contribution in [-0.4, -0.2) is 33.7 Å². The van der Waals surface area contributed by atoms with E-state index in [1.807, 2.05) is 0 Å². The van der Waals surface area contributed by atoms with Crippen molar-refractivity contribution in [3.05, 3.63) is 53.6 Å². The molecule has 0 atom stereocenters. The summed E-state index contributed by atoms with van der Waals surface area (Å²) in [6, 6.07) is 6.63. The van der Waals surface area contributed by atoms with E-state index in [0.29, 0.717) is 11.3 Å². The lowest BCUT2D eigenvalue weighted by Gasteiger charge is -2.14. The van der Waals surface area contributed by atoms with E-state index in [9.17, 15) is 14.4 Å². The molecule has 1 fully saturated rings. The van der Waals surface area contributed by atoms with Gasteiger partial charge in [-0.1, -0.05) is 0 Å². The number of amides is 3. The lowest BCUT2D eigenvalue weighted by atomic mass is 10.2. The van der Waals surface area contributed by atoms with Gasteiger partial charge in [-0.2, -0.15) is 0 Å². The summed E-state index contributed by atoms with van der Waals surface area (Å²) in [7, 11) is 0. The molecule has 2 aromatic rings. The third-order valence-corrected chi connectivity index (χ3v) is 3.85. The molecule has 0 bridgehead atoms. The van der Waals surface area contributed by atoms with Crippen LogP contribution in [0.15, 0.2) is 36.8 Å². The molecule has 1 saturated carbocycles. The molecule has 23 heavy (non-hydrogen) atoms. The summed E-state index contributed by atoms with van der Waals surface area (Å²) >= 11 is 0. The number of imide groups is 1. The molecule has 3 amide bonds. The Morgan fingerprint density at radius 3 is 2.52 bits per heavy atom. The van der Waals surface area contributed by atoms with Crippen molar-refractivity contribution in [3.8, 4) is 0 Å². The Labute approximate surface area is 131 Å². The van der Waals surface area contributed by atoms with Gasteiger partial charge < -0.3 is 5.32 Å². The summed E-state index contributed by atoms with van der Waals surface area (Å²) in [5, 5.41) is 2.89. The molecular formula is C16H12N4O3. The summed E-state index contributed by atoms with van der Waals surface area (Å²) < 4.78 is 0. The van der Waals surface area contributed by atoms with Gasteiger partial charge in [-0.25, -0.2) is 14.9 Å². The van der Waals surface area contributed by atoms with Crippen molar-refractivity contribution >= 4 is 23.4 Å². The van der Waals surface area contributed by atoms with Crippen LogP contribution in [0.4, 0.5) is 5.69 Å². The fourth-order valence-corrected chi connectivity index (χ4v) is 2.47. The zero-order chi connectivity index (χ0) is 16.0. The van der Waals surface area contributed by atoms with Crippen LogP contribution in [0.1, 0.15) is 44.0 Å². The number of carbonyl (C=O) groups excluding carboxylic acids is 3. The van der Waals surface area contributed by atoms with Crippen molar-refractivity contribution in [1.82, 2.24) is 15.3 Å². The monoisotopic (exact) mass is 308 g/mol. The van der Waals surface area contributed by atoms with Crippen molar-refractivity contribution < 1.29 is 14.4 Å². The van der Waals surface area contributed by atoms with Gasteiger partial charge in [0.1, 0.15) is 12.0 Å². The van der Waals surface area contributed by atoms with Gasteiger partial charge >= 0.3 is 0 Å². The molecule has 7 heteroatoms. The van der Waals surface area contributed by atoms with Crippen molar-refractivity contribution in [3.63, 3.8) is 0 Å². The second kappa shape index (κ2) is 4.98. The van der Waals surface area contributed by atoms with Gasteiger partial charge in [0.25, 0.3) is 17.7 Å². The highest BCUT2D eigenvalue weighted by molar-refractivity contribution is 6.33. The maximum atomic E-state index is 12.3. The first-order chi connectivity index (χ1) is 11.1. The number of fused-ring (bicyclic) bond motifs is 1. The molecule has 2 heterocycles. The molecular weight excluding hydrogens is 296 g/mol. The molecule has 0 radical (unpaired) electrons. The minimum absolute atomic E-state index is 0.0977. The molecule has 1 aromatic carbocycles. The van der Waals surface area contributed by atoms with Crippen molar-refractivity contribution in [2.75, 3.05) is 4.90 Å².